The number of nitro benzene ring substituents is 1. The highest BCUT2D eigenvalue weighted by Crippen LogP contribution is 2.20. The number of carbonyl (C=O) groups is 1. The Kier molecular flexibility index (Phi) is 6.62. The number of benzene rings is 2. The smallest absolute Gasteiger partial charge is 0.271 e. The molecule has 2 aromatic carbocycles. The van der Waals surface area contributed by atoms with Gasteiger partial charge in [0.2, 0.25) is 0 Å². The standard InChI is InChI=1S/C21H22N6O3/c1-25-9-11-26(12-10-25)19-7-5-17(6-8-19)23-15-16(14-22)21(28)24-18-3-2-4-20(13-18)27(29)30/h2-8,13,15,23H,9-12H2,1H3,(H,24,28)/b16-15-. The third-order valence-electron chi connectivity index (χ3n) is 4.80. The average molecular weight is 406 g/mol. The number of rotatable bonds is 6. The van der Waals surface area contributed by atoms with Crippen molar-refractivity contribution in [2.45, 2.75) is 0 Å². The number of likely N-dealkylation sites (N-methyl/N-ethyl adjacent to an activating group) is 1. The fraction of sp³-hybridized carbons (Fsp3) is 0.238. The zero-order valence-corrected chi connectivity index (χ0v) is 16.5. The van der Waals surface area contributed by atoms with Crippen molar-refractivity contribution < 1.29 is 9.72 Å². The SMILES string of the molecule is CN1CCN(c2ccc(N/C=C(/C#N)C(=O)Nc3cccc([N+](=O)[O-])c3)cc2)CC1. The maximum atomic E-state index is 12.3. The second-order valence-corrected chi connectivity index (χ2v) is 6.91. The van der Waals surface area contributed by atoms with Gasteiger partial charge in [-0.05, 0) is 37.4 Å². The van der Waals surface area contributed by atoms with Crippen molar-refractivity contribution in [2.24, 2.45) is 0 Å². The maximum Gasteiger partial charge on any atom is 0.271 e. The van der Waals surface area contributed by atoms with E-state index in [1.54, 1.807) is 0 Å². The lowest BCUT2D eigenvalue weighted by Crippen LogP contribution is -2.44. The van der Waals surface area contributed by atoms with E-state index in [1.807, 2.05) is 30.3 Å². The molecule has 1 heterocycles. The van der Waals surface area contributed by atoms with Crippen LogP contribution in [0.25, 0.3) is 0 Å². The van der Waals surface area contributed by atoms with E-state index in [0.29, 0.717) is 0 Å². The van der Waals surface area contributed by atoms with Crippen LogP contribution < -0.4 is 15.5 Å². The van der Waals surface area contributed by atoms with E-state index in [4.69, 9.17) is 0 Å². The largest absolute Gasteiger partial charge is 0.369 e. The highest BCUT2D eigenvalue weighted by atomic mass is 16.6. The first-order valence-electron chi connectivity index (χ1n) is 9.42. The van der Waals surface area contributed by atoms with E-state index < -0.39 is 10.8 Å². The molecule has 2 N–H and O–H groups in total. The highest BCUT2D eigenvalue weighted by molar-refractivity contribution is 6.06. The summed E-state index contributed by atoms with van der Waals surface area (Å²) in [6.07, 6.45) is 1.32. The Labute approximate surface area is 174 Å². The summed E-state index contributed by atoms with van der Waals surface area (Å²) < 4.78 is 0. The number of nitriles is 1. The van der Waals surface area contributed by atoms with Crippen molar-refractivity contribution >= 4 is 28.7 Å². The molecule has 30 heavy (non-hydrogen) atoms. The van der Waals surface area contributed by atoms with E-state index in [1.165, 1.54) is 30.5 Å². The number of piperazine rings is 1. The molecule has 1 saturated heterocycles. The monoisotopic (exact) mass is 406 g/mol. The Morgan fingerprint density at radius 3 is 2.47 bits per heavy atom. The van der Waals surface area contributed by atoms with E-state index in [9.17, 15) is 20.2 Å². The summed E-state index contributed by atoms with van der Waals surface area (Å²) in [6.45, 7) is 3.99. The molecule has 0 aliphatic carbocycles. The molecule has 9 nitrogen and oxygen atoms in total. The van der Waals surface area contributed by atoms with Crippen LogP contribution in [-0.4, -0.2) is 49.0 Å². The lowest BCUT2D eigenvalue weighted by molar-refractivity contribution is -0.384. The molecule has 0 unspecified atom stereocenters. The zero-order chi connectivity index (χ0) is 21.5. The fourth-order valence-electron chi connectivity index (χ4n) is 3.03. The molecule has 9 heteroatoms. The predicted octanol–water partition coefficient (Wildman–Crippen LogP) is 2.80. The first-order chi connectivity index (χ1) is 14.5. The Morgan fingerprint density at radius 2 is 1.83 bits per heavy atom. The number of anilines is 3. The summed E-state index contributed by atoms with van der Waals surface area (Å²) in [5.41, 5.74) is 1.82. The van der Waals surface area contributed by atoms with Gasteiger partial charge in [-0.2, -0.15) is 5.26 Å². The number of hydrogen-bond acceptors (Lipinski definition) is 7. The molecular weight excluding hydrogens is 384 g/mol. The lowest BCUT2D eigenvalue weighted by Gasteiger charge is -2.34. The molecule has 154 valence electrons. The van der Waals surface area contributed by atoms with Gasteiger partial charge in [0.05, 0.1) is 4.92 Å². The van der Waals surface area contributed by atoms with Gasteiger partial charge in [0.25, 0.3) is 11.6 Å². The van der Waals surface area contributed by atoms with E-state index in [-0.39, 0.29) is 16.9 Å². The molecule has 0 atom stereocenters. The van der Waals surface area contributed by atoms with Crippen LogP contribution in [-0.2, 0) is 4.79 Å². The van der Waals surface area contributed by atoms with Crippen LogP contribution in [0.5, 0.6) is 0 Å². The maximum absolute atomic E-state index is 12.3. The van der Waals surface area contributed by atoms with Gasteiger partial charge in [0, 0.05) is 61.6 Å². The topological polar surface area (TPSA) is 115 Å². The number of nitrogens with one attached hydrogen (secondary N) is 2. The Hall–Kier alpha value is -3.90. The van der Waals surface area contributed by atoms with Gasteiger partial charge in [-0.3, -0.25) is 14.9 Å². The van der Waals surface area contributed by atoms with Crippen molar-refractivity contribution in [2.75, 3.05) is 48.8 Å². The van der Waals surface area contributed by atoms with Crippen molar-refractivity contribution in [3.8, 4) is 6.07 Å². The van der Waals surface area contributed by atoms with E-state index >= 15 is 0 Å². The summed E-state index contributed by atoms with van der Waals surface area (Å²) in [4.78, 5) is 27.2. The number of nitro groups is 1. The minimum atomic E-state index is -0.653. The molecular formula is C21H22N6O3. The van der Waals surface area contributed by atoms with Gasteiger partial charge in [-0.25, -0.2) is 0 Å². The van der Waals surface area contributed by atoms with E-state index in [2.05, 4.69) is 27.5 Å². The van der Waals surface area contributed by atoms with Crippen LogP contribution in [0.2, 0.25) is 0 Å². The van der Waals surface area contributed by atoms with Crippen LogP contribution >= 0.6 is 0 Å². The first kappa shape index (κ1) is 20.8. The van der Waals surface area contributed by atoms with E-state index in [0.717, 1.165) is 37.6 Å². The summed E-state index contributed by atoms with van der Waals surface area (Å²) in [5, 5.41) is 25.6. The molecule has 0 aromatic heterocycles. The minimum absolute atomic E-state index is 0.145. The Balaban J connectivity index is 1.62. The van der Waals surface area contributed by atoms with Gasteiger partial charge < -0.3 is 20.4 Å². The number of carbonyl (C=O) groups excluding carboxylic acids is 1. The molecule has 0 bridgehead atoms. The fourth-order valence-corrected chi connectivity index (χ4v) is 3.03. The van der Waals surface area contributed by atoms with Crippen LogP contribution in [0.15, 0.2) is 60.3 Å². The third kappa shape index (κ3) is 5.33. The number of nitrogens with zero attached hydrogens (tertiary/aromatic N) is 4. The summed E-state index contributed by atoms with van der Waals surface area (Å²) in [7, 11) is 2.11. The minimum Gasteiger partial charge on any atom is -0.369 e. The number of non-ortho nitro benzene ring substituents is 1. The first-order valence-corrected chi connectivity index (χ1v) is 9.42. The van der Waals surface area contributed by atoms with Gasteiger partial charge in [-0.15, -0.1) is 0 Å². The Bertz CT molecular complexity index is 989. The third-order valence-corrected chi connectivity index (χ3v) is 4.80. The second kappa shape index (κ2) is 9.54. The summed E-state index contributed by atoms with van der Waals surface area (Å²) in [5.74, 6) is -0.653. The van der Waals surface area contributed by atoms with Crippen molar-refractivity contribution in [3.63, 3.8) is 0 Å². The molecule has 0 spiro atoms. The highest BCUT2D eigenvalue weighted by Gasteiger charge is 2.14. The van der Waals surface area contributed by atoms with Crippen LogP contribution in [0.3, 0.4) is 0 Å². The molecule has 1 aliphatic heterocycles. The molecule has 0 radical (unpaired) electrons. The van der Waals surface area contributed by atoms with Crippen molar-refractivity contribution in [3.05, 3.63) is 70.4 Å². The van der Waals surface area contributed by atoms with Crippen LogP contribution in [0.1, 0.15) is 0 Å². The molecule has 0 saturated carbocycles. The predicted molar refractivity (Wildman–Crippen MR) is 115 cm³/mol. The van der Waals surface area contributed by atoms with Gasteiger partial charge in [-0.1, -0.05) is 6.07 Å². The normalized spacial score (nSPS) is 14.7. The van der Waals surface area contributed by atoms with Gasteiger partial charge in [0.15, 0.2) is 0 Å². The number of hydrogen-bond donors (Lipinski definition) is 2. The van der Waals surface area contributed by atoms with Gasteiger partial charge >= 0.3 is 0 Å². The molecule has 3 rings (SSSR count). The Morgan fingerprint density at radius 1 is 1.13 bits per heavy atom. The quantitative estimate of drug-likeness (QED) is 0.328. The summed E-state index contributed by atoms with van der Waals surface area (Å²) in [6, 6.07) is 15.1. The molecule has 1 amide bonds. The molecule has 1 fully saturated rings. The zero-order valence-electron chi connectivity index (χ0n) is 16.5. The molecule has 1 aliphatic rings. The lowest BCUT2D eigenvalue weighted by atomic mass is 10.2. The summed E-state index contributed by atoms with van der Waals surface area (Å²) >= 11 is 0. The molecule has 2 aromatic rings. The van der Waals surface area contributed by atoms with Gasteiger partial charge in [0.1, 0.15) is 11.6 Å². The van der Waals surface area contributed by atoms with Crippen molar-refractivity contribution in [1.82, 2.24) is 4.90 Å². The van der Waals surface area contributed by atoms with Crippen LogP contribution in [0, 0.1) is 21.4 Å². The second-order valence-electron chi connectivity index (χ2n) is 6.91. The van der Waals surface area contributed by atoms with Crippen LogP contribution in [0.4, 0.5) is 22.7 Å². The van der Waals surface area contributed by atoms with Crippen molar-refractivity contribution in [1.29, 1.82) is 5.26 Å². The average Bonchev–Trinajstić information content (AvgIpc) is 2.75. The number of amides is 1.